The van der Waals surface area contributed by atoms with E-state index < -0.39 is 321 Å². The van der Waals surface area contributed by atoms with Gasteiger partial charge in [-0.25, -0.2) is 4.98 Å². The quantitative estimate of drug-likeness (QED) is 0.0172. The summed E-state index contributed by atoms with van der Waals surface area (Å²) < 4.78 is 0. The number of primary amides is 4. The minimum absolute atomic E-state index is 0.0394. The second-order valence-corrected chi connectivity index (χ2v) is 37.2. The summed E-state index contributed by atoms with van der Waals surface area (Å²) in [5.41, 5.74) is 23.5. The number of carbonyl (C=O) groups excluding carboxylic acids is 21. The summed E-state index contributed by atoms with van der Waals surface area (Å²) in [6.45, 7) is 15.4. The van der Waals surface area contributed by atoms with Crippen LogP contribution in [-0.4, -0.2) is 304 Å². The molecule has 2 heterocycles. The summed E-state index contributed by atoms with van der Waals surface area (Å²) in [5.74, 6) is -27.2. The number of carbonyl (C=O) groups is 22. The van der Waals surface area contributed by atoms with Crippen molar-refractivity contribution in [2.24, 2.45) is 46.6 Å². The zero-order valence-corrected chi connectivity index (χ0v) is 83.5. The molecule has 0 unspecified atom stereocenters. The lowest BCUT2D eigenvalue weighted by atomic mass is 9.99. The number of rotatable bonds is 63. The molecule has 52 heteroatoms. The van der Waals surface area contributed by atoms with Crippen LogP contribution < -0.4 is 113 Å². The van der Waals surface area contributed by atoms with Crippen molar-refractivity contribution in [3.63, 3.8) is 0 Å². The number of amides is 21. The summed E-state index contributed by atoms with van der Waals surface area (Å²) in [4.78, 5) is 314. The van der Waals surface area contributed by atoms with Gasteiger partial charge in [0.25, 0.3) is 0 Å². The van der Waals surface area contributed by atoms with Crippen LogP contribution in [0.2, 0.25) is 0 Å². The Kier molecular flexibility index (Phi) is 49.4. The van der Waals surface area contributed by atoms with E-state index in [4.69, 9.17) is 22.9 Å². The molecule has 5 aromatic rings. The number of hydrogen-bond donors (Lipinski definition) is 29. The van der Waals surface area contributed by atoms with Crippen LogP contribution in [0.15, 0.2) is 97.6 Å². The number of H-pyrrole nitrogens is 2. The number of nitrogens with two attached hydrogens (primary N) is 4. The van der Waals surface area contributed by atoms with Crippen LogP contribution in [0.1, 0.15) is 163 Å². The average Bonchev–Trinajstić information content (AvgIpc) is 1.68. The lowest BCUT2D eigenvalue weighted by Gasteiger charge is -2.29. The first-order valence-electron chi connectivity index (χ1n) is 47.5. The molecule has 0 radical (unpaired) electrons. The van der Waals surface area contributed by atoms with E-state index in [1.807, 2.05) is 0 Å². The van der Waals surface area contributed by atoms with E-state index in [0.717, 1.165) is 13.8 Å². The number of aliphatic hydroxyl groups excluding tert-OH is 4. The molecule has 2 aromatic heterocycles. The number of carboxylic acid groups (broad SMARTS) is 1. The Morgan fingerprint density at radius 2 is 0.701 bits per heavy atom. The first-order chi connectivity index (χ1) is 69.1. The molecule has 0 saturated heterocycles. The zero-order valence-electron chi connectivity index (χ0n) is 83.5. The topological polar surface area (TPSA) is 850 Å². The Bertz CT molecular complexity index is 5410. The Hall–Kier alpha value is -15.6. The van der Waals surface area contributed by atoms with Crippen LogP contribution in [-0.2, 0) is 131 Å². The number of nitrogens with one attached hydrogen (secondary N) is 19. The third-order valence-electron chi connectivity index (χ3n) is 22.8. The van der Waals surface area contributed by atoms with E-state index in [1.165, 1.54) is 70.7 Å². The predicted molar refractivity (Wildman–Crippen MR) is 523 cm³/mol. The summed E-state index contributed by atoms with van der Waals surface area (Å²) in [7, 11) is 0. The van der Waals surface area contributed by atoms with Gasteiger partial charge in [-0.15, -0.1) is 0 Å². The summed E-state index contributed by atoms with van der Waals surface area (Å²) >= 11 is 0. The zero-order chi connectivity index (χ0) is 110. The maximum Gasteiger partial charge on any atom is 0.303 e. The number of aliphatic carboxylic acids is 1. The van der Waals surface area contributed by atoms with Crippen molar-refractivity contribution in [3.8, 4) is 5.75 Å². The SMILES string of the molecule is CC(=O)N[C@@H](CC(C)C)C(=O)N[C@H](C(=O)N[C@@H](Cc1ccccc1)C(=O)N[C@@H](CCC(=O)O)C(=O)N[C@@H](Cc1c[nH]cn1)C(=O)N[C@@H](Cc1ccc(O)cc1)C(=O)N[C@@H](Cc1c[nH]c2ccccc12)C(=O)N[C@@H](C)C(=O)N[C@@H](CCC(N)=O)C(=O)N[C@@H](CC(C)C)C(=O)N[C@H](C(=O)N[C@@H](CO)C(=O)N[C@@H](CC(N)=O)C(=O)N[C@@H](CC(N)=O)C(=O)N[C@H](C(=O)N[C@@H](CC(C)C)C(=O)N[C@@H](CO)C(N)=O)C(C)C)[C@@H](C)O)[C@@H](C)O. The van der Waals surface area contributed by atoms with E-state index in [-0.39, 0.29) is 60.9 Å². The fraction of sp³-hybridized carbons (Fsp3) is 0.526. The van der Waals surface area contributed by atoms with Crippen LogP contribution in [0, 0.1) is 23.7 Å². The molecule has 806 valence electrons. The molecule has 0 spiro atoms. The minimum atomic E-state index is -2.14. The molecule has 21 amide bonds. The molecule has 0 aliphatic carbocycles. The van der Waals surface area contributed by atoms with Gasteiger partial charge in [-0.2, -0.15) is 0 Å². The number of aromatic nitrogens is 3. The van der Waals surface area contributed by atoms with Gasteiger partial charge >= 0.3 is 5.97 Å². The maximum absolute atomic E-state index is 15.4. The van der Waals surface area contributed by atoms with Gasteiger partial charge in [0.05, 0.1) is 50.3 Å². The summed E-state index contributed by atoms with van der Waals surface area (Å²) in [5, 5.41) is 104. The molecule has 0 saturated carbocycles. The fourth-order valence-corrected chi connectivity index (χ4v) is 15.1. The maximum atomic E-state index is 15.4. The number of phenolic OH excluding ortho intramolecular Hbond substituents is 1. The van der Waals surface area contributed by atoms with Gasteiger partial charge in [0.15, 0.2) is 0 Å². The molecular weight excluding hydrogens is 1930 g/mol. The normalized spacial score (nSPS) is 15.2. The van der Waals surface area contributed by atoms with Crippen LogP contribution in [0.4, 0.5) is 0 Å². The molecule has 19 atom stereocenters. The van der Waals surface area contributed by atoms with E-state index in [1.54, 1.807) is 96.1 Å². The minimum Gasteiger partial charge on any atom is -0.508 e. The van der Waals surface area contributed by atoms with E-state index >= 15 is 14.4 Å². The number of para-hydroxylation sites is 1. The summed E-state index contributed by atoms with van der Waals surface area (Å²) in [6, 6.07) is -9.56. The predicted octanol–water partition coefficient (Wildman–Crippen LogP) is -7.94. The van der Waals surface area contributed by atoms with Crippen LogP contribution in [0.25, 0.3) is 10.9 Å². The molecule has 0 aliphatic heterocycles. The van der Waals surface area contributed by atoms with Crippen molar-refractivity contribution in [1.82, 2.24) is 105 Å². The number of aliphatic hydroxyl groups is 4. The smallest absolute Gasteiger partial charge is 0.303 e. The first kappa shape index (κ1) is 122. The van der Waals surface area contributed by atoms with Crippen LogP contribution in [0.5, 0.6) is 5.75 Å². The van der Waals surface area contributed by atoms with Gasteiger partial charge in [0, 0.05) is 68.7 Å². The lowest BCUT2D eigenvalue weighted by molar-refractivity contribution is -0.139. The molecule has 0 bridgehead atoms. The van der Waals surface area contributed by atoms with E-state index in [2.05, 4.69) is 105 Å². The molecule has 0 aliphatic rings. The highest BCUT2D eigenvalue weighted by atomic mass is 16.4. The van der Waals surface area contributed by atoms with Gasteiger partial charge in [-0.05, 0) is 111 Å². The molecular formula is C95H138N24O28. The van der Waals surface area contributed by atoms with Gasteiger partial charge in [-0.3, -0.25) is 105 Å². The molecule has 5 rings (SSSR count). The highest BCUT2D eigenvalue weighted by Gasteiger charge is 2.42. The van der Waals surface area contributed by atoms with E-state index in [0.29, 0.717) is 22.0 Å². The Morgan fingerprint density at radius 3 is 1.14 bits per heavy atom. The van der Waals surface area contributed by atoms with Crippen molar-refractivity contribution in [3.05, 3.63) is 120 Å². The number of hydrogen-bond acceptors (Lipinski definition) is 28. The number of aromatic hydroxyl groups is 1. The number of fused-ring (bicyclic) bond motifs is 1. The highest BCUT2D eigenvalue weighted by molar-refractivity contribution is 6.03. The van der Waals surface area contributed by atoms with Crippen molar-refractivity contribution >= 4 is 141 Å². The first-order valence-corrected chi connectivity index (χ1v) is 47.5. The van der Waals surface area contributed by atoms with Crippen molar-refractivity contribution < 1.29 is 136 Å². The average molecular weight is 2060 g/mol. The van der Waals surface area contributed by atoms with Gasteiger partial charge in [0.1, 0.15) is 108 Å². The monoisotopic (exact) mass is 2060 g/mol. The van der Waals surface area contributed by atoms with Crippen molar-refractivity contribution in [2.45, 2.75) is 281 Å². The fourth-order valence-electron chi connectivity index (χ4n) is 15.1. The third kappa shape index (κ3) is 41.6. The number of carboxylic acids is 1. The Labute approximate surface area is 845 Å². The number of nitrogens with zero attached hydrogens (tertiary/aromatic N) is 1. The summed E-state index contributed by atoms with van der Waals surface area (Å²) in [6.07, 6.45) is -5.95. The van der Waals surface area contributed by atoms with Gasteiger partial charge < -0.3 is 154 Å². The molecule has 147 heavy (non-hydrogen) atoms. The second-order valence-electron chi connectivity index (χ2n) is 37.2. The number of phenols is 1. The highest BCUT2D eigenvalue weighted by Crippen LogP contribution is 2.22. The van der Waals surface area contributed by atoms with Crippen molar-refractivity contribution in [2.75, 3.05) is 13.2 Å². The van der Waals surface area contributed by atoms with Crippen molar-refractivity contribution in [1.29, 1.82) is 0 Å². The second kappa shape index (κ2) is 59.6. The van der Waals surface area contributed by atoms with Gasteiger partial charge in [-0.1, -0.05) is 116 Å². The number of benzene rings is 3. The lowest BCUT2D eigenvalue weighted by Crippen LogP contribution is -2.63. The van der Waals surface area contributed by atoms with E-state index in [9.17, 15) is 122 Å². The third-order valence-corrected chi connectivity index (χ3v) is 22.8. The Morgan fingerprint density at radius 1 is 0.347 bits per heavy atom. The van der Waals surface area contributed by atoms with Gasteiger partial charge in [0.2, 0.25) is 124 Å². The molecule has 33 N–H and O–H groups in total. The molecule has 3 aromatic carbocycles. The van der Waals surface area contributed by atoms with Crippen LogP contribution >= 0.6 is 0 Å². The molecule has 0 fully saturated rings. The largest absolute Gasteiger partial charge is 0.508 e. The van der Waals surface area contributed by atoms with Crippen LogP contribution in [0.3, 0.4) is 0 Å². The number of aromatic amines is 2. The number of imidazole rings is 1. The molecule has 52 nitrogen and oxygen atoms in total. The standard InChI is InChI=1S/C95H138N24O28/c1-44(2)30-61(104-51(12)124)89(141)118-77(49(10)122)94(146)114-65(33-52-18-14-13-15-19-52)85(137)106-60(27-29-75(129)130)82(134)110-67(36-55-40-100-43-102-55)87(139)108-64(34-53-22-24-56(125)25-23-53)86(138)109-66(35-54-39-101-58-21-17-16-20-57(54)58)83(135)103-48(9)80(132)105-59(26-28-72(96)126)81(133)107-63(32-46(5)6)90(142)119-78(50(11)123)95(147)116-71(42-121)92(144)112-68(37-73(97)127)88(140)111-69(38-74(98)128)91(143)117-76(47(7)8)93(145)113-62(31-45(3)4)84(136)115-70(41-120)79(99)131/h13-25,39-40,43-50,59-71,76-78,101,120-123,125H,26-38,41-42H2,1-12H3,(H2,96,126)(H2,97,127)(H2,98,128)(H2,99,131)(H,100,102)(H,103,135)(H,104,124)(H,105,132)(H,106,137)(H,107,133)(H,108,139)(H,109,138)(H,110,134)(H,111,140)(H,112,144)(H,113,145)(H,114,146)(H,115,136)(H,116,147)(H,117,143)(H,118,141)(H,119,142)(H,129,130)/t48-,49+,50+,59-,60-,61-,62-,63-,64-,65-,66-,67-,68-,69-,70-,71-,76-,77-,78-/m0/s1. The Balaban J connectivity index is 1.41.